The number of nitrogens with zero attached hydrogens (tertiary/aromatic N) is 1. The molecule has 2 heterocycles. The SMILES string of the molecule is CN(C(=O)c1ccc(Cl)o1)c1cccc(NC(=O)c2ccc(Cl)o2)c1. The number of halogens is 2. The van der Waals surface area contributed by atoms with Crippen LogP contribution in [0, 0.1) is 0 Å². The molecule has 0 spiro atoms. The van der Waals surface area contributed by atoms with Crippen molar-refractivity contribution in [3.05, 3.63) is 70.5 Å². The Morgan fingerprint density at radius 3 is 2.20 bits per heavy atom. The fourth-order valence-electron chi connectivity index (χ4n) is 2.13. The zero-order chi connectivity index (χ0) is 18.0. The van der Waals surface area contributed by atoms with Gasteiger partial charge in [-0.25, -0.2) is 0 Å². The standard InChI is InChI=1S/C17H12Cl2N2O4/c1-21(17(23)13-6-8-15(19)25-13)11-4-2-3-10(9-11)20-16(22)12-5-7-14(18)24-12/h2-9H,1H3,(H,20,22). The number of carbonyl (C=O) groups is 2. The van der Waals surface area contributed by atoms with E-state index in [0.717, 1.165) is 0 Å². The van der Waals surface area contributed by atoms with Crippen LogP contribution < -0.4 is 10.2 Å². The topological polar surface area (TPSA) is 75.7 Å². The average Bonchev–Trinajstić information content (AvgIpc) is 3.22. The van der Waals surface area contributed by atoms with Gasteiger partial charge in [-0.2, -0.15) is 0 Å². The Morgan fingerprint density at radius 1 is 0.960 bits per heavy atom. The highest BCUT2D eigenvalue weighted by molar-refractivity contribution is 6.29. The van der Waals surface area contributed by atoms with Crippen LogP contribution in [0.4, 0.5) is 11.4 Å². The second-order valence-corrected chi connectivity index (χ2v) is 5.82. The molecule has 1 N–H and O–H groups in total. The number of hydrogen-bond donors (Lipinski definition) is 1. The molecule has 6 nitrogen and oxygen atoms in total. The molecular weight excluding hydrogens is 367 g/mol. The van der Waals surface area contributed by atoms with E-state index in [0.29, 0.717) is 11.4 Å². The van der Waals surface area contributed by atoms with Crippen molar-refractivity contribution in [2.75, 3.05) is 17.3 Å². The van der Waals surface area contributed by atoms with E-state index in [1.807, 2.05) is 0 Å². The van der Waals surface area contributed by atoms with Crippen LogP contribution in [-0.2, 0) is 0 Å². The number of hydrogen-bond acceptors (Lipinski definition) is 4. The maximum absolute atomic E-state index is 12.4. The van der Waals surface area contributed by atoms with Crippen LogP contribution >= 0.6 is 23.2 Å². The van der Waals surface area contributed by atoms with Gasteiger partial charge in [-0.1, -0.05) is 6.07 Å². The number of benzene rings is 1. The van der Waals surface area contributed by atoms with Crippen molar-refractivity contribution >= 4 is 46.4 Å². The predicted octanol–water partition coefficient (Wildman–Crippen LogP) is 4.71. The number of furan rings is 2. The molecule has 1 aromatic carbocycles. The first kappa shape index (κ1) is 17.1. The van der Waals surface area contributed by atoms with Gasteiger partial charge in [0.1, 0.15) is 0 Å². The molecule has 0 aliphatic carbocycles. The molecule has 8 heteroatoms. The molecule has 3 aromatic rings. The molecule has 0 aliphatic rings. The van der Waals surface area contributed by atoms with Crippen LogP contribution in [0.2, 0.25) is 10.4 Å². The van der Waals surface area contributed by atoms with E-state index in [-0.39, 0.29) is 27.9 Å². The number of anilines is 2. The Kier molecular flexibility index (Phi) is 4.83. The normalized spacial score (nSPS) is 10.5. The highest BCUT2D eigenvalue weighted by Gasteiger charge is 2.18. The number of rotatable bonds is 4. The third kappa shape index (κ3) is 3.87. The molecule has 0 radical (unpaired) electrons. The summed E-state index contributed by atoms with van der Waals surface area (Å²) in [6.45, 7) is 0. The lowest BCUT2D eigenvalue weighted by molar-refractivity contribution is 0.0965. The van der Waals surface area contributed by atoms with Gasteiger partial charge in [0, 0.05) is 18.4 Å². The molecule has 0 aliphatic heterocycles. The third-order valence-corrected chi connectivity index (χ3v) is 3.78. The van der Waals surface area contributed by atoms with Gasteiger partial charge >= 0.3 is 0 Å². The maximum Gasteiger partial charge on any atom is 0.293 e. The van der Waals surface area contributed by atoms with E-state index >= 15 is 0 Å². The van der Waals surface area contributed by atoms with Gasteiger partial charge in [0.05, 0.1) is 0 Å². The van der Waals surface area contributed by atoms with Crippen LogP contribution in [0.15, 0.2) is 57.4 Å². The zero-order valence-electron chi connectivity index (χ0n) is 13.0. The first-order valence-corrected chi connectivity index (χ1v) is 7.90. The number of nitrogens with one attached hydrogen (secondary N) is 1. The summed E-state index contributed by atoms with van der Waals surface area (Å²) in [7, 11) is 1.59. The monoisotopic (exact) mass is 378 g/mol. The second-order valence-electron chi connectivity index (χ2n) is 5.08. The zero-order valence-corrected chi connectivity index (χ0v) is 14.5. The number of carbonyl (C=O) groups excluding carboxylic acids is 2. The molecule has 0 bridgehead atoms. The fourth-order valence-corrected chi connectivity index (χ4v) is 2.43. The van der Waals surface area contributed by atoms with Crippen LogP contribution in [0.1, 0.15) is 21.1 Å². The highest BCUT2D eigenvalue weighted by atomic mass is 35.5. The van der Waals surface area contributed by atoms with E-state index in [2.05, 4.69) is 5.32 Å². The summed E-state index contributed by atoms with van der Waals surface area (Å²) in [4.78, 5) is 25.8. The van der Waals surface area contributed by atoms with Crippen molar-refractivity contribution in [2.45, 2.75) is 0 Å². The lowest BCUT2D eigenvalue weighted by Gasteiger charge is -2.17. The third-order valence-electron chi connectivity index (χ3n) is 3.38. The molecule has 25 heavy (non-hydrogen) atoms. The van der Waals surface area contributed by atoms with Crippen molar-refractivity contribution < 1.29 is 18.4 Å². The summed E-state index contributed by atoms with van der Waals surface area (Å²) < 4.78 is 10.2. The molecule has 3 rings (SSSR count). The summed E-state index contributed by atoms with van der Waals surface area (Å²) in [5.74, 6) is -0.610. The van der Waals surface area contributed by atoms with Gasteiger partial charge in [-0.3, -0.25) is 9.59 Å². The minimum Gasteiger partial charge on any atom is -0.440 e. The van der Waals surface area contributed by atoms with Crippen molar-refractivity contribution in [1.82, 2.24) is 0 Å². The summed E-state index contributed by atoms with van der Waals surface area (Å²) in [5.41, 5.74) is 1.06. The Bertz CT molecular complexity index is 932. The molecule has 2 aromatic heterocycles. The van der Waals surface area contributed by atoms with E-state index in [9.17, 15) is 9.59 Å². The Labute approximate surface area is 152 Å². The minimum atomic E-state index is -0.448. The van der Waals surface area contributed by atoms with E-state index in [1.165, 1.54) is 29.2 Å². The van der Waals surface area contributed by atoms with Crippen molar-refractivity contribution in [3.8, 4) is 0 Å². The van der Waals surface area contributed by atoms with Crippen LogP contribution in [0.25, 0.3) is 0 Å². The summed E-state index contributed by atoms with van der Waals surface area (Å²) in [6, 6.07) is 12.7. The lowest BCUT2D eigenvalue weighted by Crippen LogP contribution is -2.25. The van der Waals surface area contributed by atoms with E-state index in [1.54, 1.807) is 31.3 Å². The van der Waals surface area contributed by atoms with Gasteiger partial charge in [-0.05, 0) is 65.7 Å². The molecule has 0 unspecified atom stereocenters. The van der Waals surface area contributed by atoms with Crippen LogP contribution in [0.3, 0.4) is 0 Å². The summed E-state index contributed by atoms with van der Waals surface area (Å²) in [5, 5.41) is 2.94. The maximum atomic E-state index is 12.4. The highest BCUT2D eigenvalue weighted by Crippen LogP contribution is 2.23. The first-order chi connectivity index (χ1) is 11.9. The molecular formula is C17H12Cl2N2O4. The summed E-state index contributed by atoms with van der Waals surface area (Å²) in [6.07, 6.45) is 0. The average molecular weight is 379 g/mol. The van der Waals surface area contributed by atoms with Crippen molar-refractivity contribution in [2.24, 2.45) is 0 Å². The van der Waals surface area contributed by atoms with E-state index in [4.69, 9.17) is 32.0 Å². The van der Waals surface area contributed by atoms with Crippen LogP contribution in [0.5, 0.6) is 0 Å². The molecule has 0 atom stereocenters. The van der Waals surface area contributed by atoms with Crippen LogP contribution in [-0.4, -0.2) is 18.9 Å². The molecule has 128 valence electrons. The Hall–Kier alpha value is -2.70. The number of amides is 2. The van der Waals surface area contributed by atoms with Gasteiger partial charge in [0.2, 0.25) is 0 Å². The largest absolute Gasteiger partial charge is 0.440 e. The molecule has 2 amide bonds. The van der Waals surface area contributed by atoms with Gasteiger partial charge in [-0.15, -0.1) is 0 Å². The lowest BCUT2D eigenvalue weighted by atomic mass is 10.2. The summed E-state index contributed by atoms with van der Waals surface area (Å²) >= 11 is 11.4. The van der Waals surface area contributed by atoms with Crippen molar-refractivity contribution in [3.63, 3.8) is 0 Å². The van der Waals surface area contributed by atoms with Gasteiger partial charge in [0.25, 0.3) is 11.8 Å². The smallest absolute Gasteiger partial charge is 0.293 e. The predicted molar refractivity (Wildman–Crippen MR) is 94.6 cm³/mol. The fraction of sp³-hybridized carbons (Fsp3) is 0.0588. The van der Waals surface area contributed by atoms with Gasteiger partial charge < -0.3 is 19.1 Å². The van der Waals surface area contributed by atoms with Crippen molar-refractivity contribution in [1.29, 1.82) is 0 Å². The second kappa shape index (κ2) is 7.04. The quantitative estimate of drug-likeness (QED) is 0.713. The van der Waals surface area contributed by atoms with Gasteiger partial charge in [0.15, 0.2) is 22.0 Å². The first-order valence-electron chi connectivity index (χ1n) is 7.14. The molecule has 0 saturated carbocycles. The Morgan fingerprint density at radius 2 is 1.60 bits per heavy atom. The molecule has 0 fully saturated rings. The molecule has 0 saturated heterocycles. The minimum absolute atomic E-state index is 0.0880. The Balaban J connectivity index is 1.76. The van der Waals surface area contributed by atoms with E-state index < -0.39 is 5.91 Å².